The highest BCUT2D eigenvalue weighted by molar-refractivity contribution is 5.44. The van der Waals surface area contributed by atoms with Gasteiger partial charge in [0.25, 0.3) is 0 Å². The molecule has 0 aliphatic rings. The Bertz CT molecular complexity index is 590. The molecule has 0 aliphatic heterocycles. The molecule has 1 heterocycles. The monoisotopic (exact) mass is 289 g/mol. The van der Waals surface area contributed by atoms with E-state index in [-0.39, 0.29) is 0 Å². The number of aromatic nitrogens is 2. The van der Waals surface area contributed by atoms with E-state index in [0.717, 1.165) is 22.6 Å². The van der Waals surface area contributed by atoms with Crippen LogP contribution in [0.15, 0.2) is 30.5 Å². The van der Waals surface area contributed by atoms with Gasteiger partial charge in [0.15, 0.2) is 0 Å². The van der Waals surface area contributed by atoms with Crippen LogP contribution >= 0.6 is 0 Å². The summed E-state index contributed by atoms with van der Waals surface area (Å²) < 4.78 is 15.6. The van der Waals surface area contributed by atoms with Crippen molar-refractivity contribution in [1.29, 1.82) is 0 Å². The highest BCUT2D eigenvalue weighted by atomic mass is 16.5. The van der Waals surface area contributed by atoms with Gasteiger partial charge in [-0.2, -0.15) is 5.10 Å². The van der Waals surface area contributed by atoms with E-state index in [9.17, 15) is 0 Å². The van der Waals surface area contributed by atoms with E-state index in [1.165, 1.54) is 0 Å². The third-order valence-electron chi connectivity index (χ3n) is 2.98. The predicted octanol–water partition coefficient (Wildman–Crippen LogP) is 2.25. The summed E-state index contributed by atoms with van der Waals surface area (Å²) in [5, 5.41) is 11.2. The minimum absolute atomic E-state index is 0.510. The minimum Gasteiger partial charge on any atom is -0.497 e. The highest BCUT2D eigenvalue weighted by Gasteiger charge is 2.06. The Morgan fingerprint density at radius 1 is 1.10 bits per heavy atom. The molecule has 1 aromatic carbocycles. The summed E-state index contributed by atoms with van der Waals surface area (Å²) in [6.07, 6.45) is 1.68. The second kappa shape index (κ2) is 7.44. The Morgan fingerprint density at radius 2 is 1.95 bits per heavy atom. The van der Waals surface area contributed by atoms with Crippen molar-refractivity contribution in [3.8, 4) is 11.5 Å². The predicted molar refractivity (Wildman–Crippen MR) is 79.6 cm³/mol. The molecular weight excluding hydrogens is 270 g/mol. The molecule has 0 unspecified atom stereocenters. The van der Waals surface area contributed by atoms with Gasteiger partial charge in [-0.15, -0.1) is 5.10 Å². The third kappa shape index (κ3) is 4.06. The van der Waals surface area contributed by atoms with Gasteiger partial charge < -0.3 is 19.5 Å². The van der Waals surface area contributed by atoms with Crippen molar-refractivity contribution >= 4 is 5.82 Å². The first-order chi connectivity index (χ1) is 10.3. The standard InChI is InChI=1S/C15H19N3O3/c1-19-10-11-6-15(18-17-8-11)16-9-12-4-5-13(20-2)7-14(12)21-3/h4-8H,9-10H2,1-3H3,(H,16,18). The van der Waals surface area contributed by atoms with Gasteiger partial charge in [-0.1, -0.05) is 0 Å². The molecule has 0 radical (unpaired) electrons. The summed E-state index contributed by atoms with van der Waals surface area (Å²) in [5.41, 5.74) is 1.98. The Hall–Kier alpha value is -2.34. The van der Waals surface area contributed by atoms with Gasteiger partial charge in [0.1, 0.15) is 17.3 Å². The molecule has 0 bridgehead atoms. The molecule has 0 fully saturated rings. The fourth-order valence-electron chi connectivity index (χ4n) is 1.92. The molecular formula is C15H19N3O3. The molecule has 2 rings (SSSR count). The Labute approximate surface area is 124 Å². The van der Waals surface area contributed by atoms with E-state index in [0.29, 0.717) is 19.0 Å². The Balaban J connectivity index is 2.07. The molecule has 6 nitrogen and oxygen atoms in total. The van der Waals surface area contributed by atoms with Crippen LogP contribution in [-0.4, -0.2) is 31.5 Å². The molecule has 1 aromatic heterocycles. The second-order valence-electron chi connectivity index (χ2n) is 4.41. The van der Waals surface area contributed by atoms with Gasteiger partial charge in [-0.05, 0) is 18.2 Å². The molecule has 0 atom stereocenters. The van der Waals surface area contributed by atoms with E-state index >= 15 is 0 Å². The van der Waals surface area contributed by atoms with Crippen LogP contribution in [-0.2, 0) is 17.9 Å². The number of hydrogen-bond acceptors (Lipinski definition) is 6. The lowest BCUT2D eigenvalue weighted by molar-refractivity contribution is 0.184. The topological polar surface area (TPSA) is 65.5 Å². The maximum absolute atomic E-state index is 5.36. The molecule has 112 valence electrons. The summed E-state index contributed by atoms with van der Waals surface area (Å²) in [5.74, 6) is 2.22. The van der Waals surface area contributed by atoms with Crippen molar-refractivity contribution in [3.63, 3.8) is 0 Å². The average Bonchev–Trinajstić information content (AvgIpc) is 2.53. The molecule has 0 aliphatic carbocycles. The fourth-order valence-corrected chi connectivity index (χ4v) is 1.92. The summed E-state index contributed by atoms with van der Waals surface area (Å²) in [6, 6.07) is 7.61. The second-order valence-corrected chi connectivity index (χ2v) is 4.41. The van der Waals surface area contributed by atoms with E-state index in [1.807, 2.05) is 24.3 Å². The number of methoxy groups -OCH3 is 3. The number of anilines is 1. The van der Waals surface area contributed by atoms with Crippen LogP contribution in [0, 0.1) is 0 Å². The number of ether oxygens (including phenoxy) is 3. The molecule has 0 saturated carbocycles. The van der Waals surface area contributed by atoms with E-state index in [2.05, 4.69) is 15.5 Å². The first-order valence-corrected chi connectivity index (χ1v) is 6.52. The number of nitrogens with zero attached hydrogens (tertiary/aromatic N) is 2. The first kappa shape index (κ1) is 15.1. The van der Waals surface area contributed by atoms with Crippen molar-refractivity contribution in [2.45, 2.75) is 13.2 Å². The zero-order valence-electron chi connectivity index (χ0n) is 12.4. The third-order valence-corrected chi connectivity index (χ3v) is 2.98. The van der Waals surface area contributed by atoms with E-state index in [1.54, 1.807) is 27.5 Å². The van der Waals surface area contributed by atoms with Crippen LogP contribution in [0.25, 0.3) is 0 Å². The number of hydrogen-bond donors (Lipinski definition) is 1. The van der Waals surface area contributed by atoms with Gasteiger partial charge in [-0.3, -0.25) is 0 Å². The van der Waals surface area contributed by atoms with Crippen molar-refractivity contribution in [1.82, 2.24) is 10.2 Å². The fraction of sp³-hybridized carbons (Fsp3) is 0.333. The van der Waals surface area contributed by atoms with Gasteiger partial charge in [-0.25, -0.2) is 0 Å². The normalized spacial score (nSPS) is 10.2. The summed E-state index contributed by atoms with van der Waals surface area (Å²) in [7, 11) is 4.91. The average molecular weight is 289 g/mol. The van der Waals surface area contributed by atoms with Crippen LogP contribution < -0.4 is 14.8 Å². The zero-order chi connectivity index (χ0) is 15.1. The van der Waals surface area contributed by atoms with Crippen LogP contribution in [0.3, 0.4) is 0 Å². The Kier molecular flexibility index (Phi) is 5.34. The molecule has 0 spiro atoms. The van der Waals surface area contributed by atoms with Crippen molar-refractivity contribution < 1.29 is 14.2 Å². The van der Waals surface area contributed by atoms with Crippen LogP contribution in [0.4, 0.5) is 5.82 Å². The highest BCUT2D eigenvalue weighted by Crippen LogP contribution is 2.25. The molecule has 1 N–H and O–H groups in total. The van der Waals surface area contributed by atoms with Crippen LogP contribution in [0.1, 0.15) is 11.1 Å². The maximum Gasteiger partial charge on any atom is 0.149 e. The SMILES string of the molecule is COCc1cnnc(NCc2ccc(OC)cc2OC)c1. The van der Waals surface area contributed by atoms with Crippen LogP contribution in [0.5, 0.6) is 11.5 Å². The van der Waals surface area contributed by atoms with Gasteiger partial charge >= 0.3 is 0 Å². The summed E-state index contributed by atoms with van der Waals surface area (Å²) in [6.45, 7) is 1.09. The molecule has 21 heavy (non-hydrogen) atoms. The molecule has 2 aromatic rings. The number of benzene rings is 1. The first-order valence-electron chi connectivity index (χ1n) is 6.52. The maximum atomic E-state index is 5.36. The minimum atomic E-state index is 0.510. The van der Waals surface area contributed by atoms with Crippen molar-refractivity contribution in [3.05, 3.63) is 41.6 Å². The molecule has 0 saturated heterocycles. The number of nitrogens with one attached hydrogen (secondary N) is 1. The largest absolute Gasteiger partial charge is 0.497 e. The summed E-state index contributed by atoms with van der Waals surface area (Å²) in [4.78, 5) is 0. The lowest BCUT2D eigenvalue weighted by Crippen LogP contribution is -2.05. The van der Waals surface area contributed by atoms with Gasteiger partial charge in [0.05, 0.1) is 27.0 Å². The van der Waals surface area contributed by atoms with Crippen molar-refractivity contribution in [2.24, 2.45) is 0 Å². The quantitative estimate of drug-likeness (QED) is 0.843. The van der Waals surface area contributed by atoms with Crippen molar-refractivity contribution in [2.75, 3.05) is 26.6 Å². The van der Waals surface area contributed by atoms with Crippen LogP contribution in [0.2, 0.25) is 0 Å². The Morgan fingerprint density at radius 3 is 2.67 bits per heavy atom. The van der Waals surface area contributed by atoms with Gasteiger partial charge in [0.2, 0.25) is 0 Å². The summed E-state index contributed by atoms with van der Waals surface area (Å²) >= 11 is 0. The van der Waals surface area contributed by atoms with E-state index < -0.39 is 0 Å². The van der Waals surface area contributed by atoms with E-state index in [4.69, 9.17) is 14.2 Å². The number of rotatable bonds is 7. The molecule has 6 heteroatoms. The lowest BCUT2D eigenvalue weighted by atomic mass is 10.2. The molecule has 0 amide bonds. The van der Waals surface area contributed by atoms with Gasteiger partial charge in [0, 0.05) is 30.8 Å². The zero-order valence-corrected chi connectivity index (χ0v) is 12.4. The smallest absolute Gasteiger partial charge is 0.149 e. The lowest BCUT2D eigenvalue weighted by Gasteiger charge is -2.11.